The monoisotopic (exact) mass is 382 g/mol. The van der Waals surface area contributed by atoms with Gasteiger partial charge in [0.15, 0.2) is 5.96 Å². The van der Waals surface area contributed by atoms with E-state index in [1.807, 2.05) is 37.5 Å². The van der Waals surface area contributed by atoms with Gasteiger partial charge in [0.1, 0.15) is 0 Å². The Morgan fingerprint density at radius 3 is 2.70 bits per heavy atom. The summed E-state index contributed by atoms with van der Waals surface area (Å²) in [5.41, 5.74) is 3.31. The van der Waals surface area contributed by atoms with Crippen LogP contribution in [0.1, 0.15) is 5.56 Å². The molecule has 0 amide bonds. The van der Waals surface area contributed by atoms with E-state index < -0.39 is 0 Å². The summed E-state index contributed by atoms with van der Waals surface area (Å²) in [6.45, 7) is 0.730. The second-order valence-corrected chi connectivity index (χ2v) is 4.09. The molecule has 0 unspecified atom stereocenters. The van der Waals surface area contributed by atoms with E-state index in [9.17, 15) is 0 Å². The summed E-state index contributed by atoms with van der Waals surface area (Å²) >= 11 is 0. The van der Waals surface area contributed by atoms with E-state index in [0.29, 0.717) is 0 Å². The van der Waals surface area contributed by atoms with Crippen LogP contribution in [0.25, 0.3) is 11.3 Å². The molecule has 0 saturated heterocycles. The summed E-state index contributed by atoms with van der Waals surface area (Å²) in [5, 5.41) is 6.23. The van der Waals surface area contributed by atoms with Crippen molar-refractivity contribution in [3.63, 3.8) is 0 Å². The Balaban J connectivity index is 0.00000200. The number of guanidine groups is 1. The van der Waals surface area contributed by atoms with Crippen molar-refractivity contribution in [1.82, 2.24) is 15.6 Å². The first-order valence-electron chi connectivity index (χ1n) is 6.22. The first-order valence-corrected chi connectivity index (χ1v) is 6.22. The van der Waals surface area contributed by atoms with E-state index in [2.05, 4.69) is 38.8 Å². The Kier molecular flexibility index (Phi) is 7.00. The van der Waals surface area contributed by atoms with Gasteiger partial charge in [-0.05, 0) is 23.8 Å². The minimum atomic E-state index is 0. The zero-order chi connectivity index (χ0) is 13.5. The molecule has 0 aliphatic carbocycles. The highest BCUT2D eigenvalue weighted by atomic mass is 127. The van der Waals surface area contributed by atoms with Crippen LogP contribution in [0, 0.1) is 0 Å². The van der Waals surface area contributed by atoms with Crippen LogP contribution in [0.4, 0.5) is 0 Å². The molecule has 1 aromatic heterocycles. The largest absolute Gasteiger partial charge is 0.359 e. The van der Waals surface area contributed by atoms with Gasteiger partial charge >= 0.3 is 0 Å². The Labute approximate surface area is 136 Å². The Morgan fingerprint density at radius 2 is 2.05 bits per heavy atom. The van der Waals surface area contributed by atoms with E-state index in [1.165, 1.54) is 5.56 Å². The number of nitrogens with zero attached hydrogens (tertiary/aromatic N) is 2. The maximum Gasteiger partial charge on any atom is 0.190 e. The molecule has 0 atom stereocenters. The lowest BCUT2D eigenvalue weighted by molar-refractivity contribution is 0.866. The van der Waals surface area contributed by atoms with Gasteiger partial charge in [0.05, 0.1) is 5.69 Å². The molecule has 4 nitrogen and oxygen atoms in total. The molecular weight excluding hydrogens is 363 g/mol. The van der Waals surface area contributed by atoms with E-state index >= 15 is 0 Å². The first-order chi connectivity index (χ1) is 9.33. The Hall–Kier alpha value is -1.63. The van der Waals surface area contributed by atoms with Crippen molar-refractivity contribution >= 4 is 29.9 Å². The number of hydrogen-bond donors (Lipinski definition) is 2. The van der Waals surface area contributed by atoms with Gasteiger partial charge < -0.3 is 10.6 Å². The third-order valence-electron chi connectivity index (χ3n) is 2.81. The van der Waals surface area contributed by atoms with Crippen LogP contribution in [0.15, 0.2) is 53.7 Å². The predicted molar refractivity (Wildman–Crippen MR) is 94.3 cm³/mol. The van der Waals surface area contributed by atoms with Crippen molar-refractivity contribution in [1.29, 1.82) is 0 Å². The summed E-state index contributed by atoms with van der Waals surface area (Å²) < 4.78 is 0. The molecule has 0 fully saturated rings. The van der Waals surface area contributed by atoms with Crippen molar-refractivity contribution < 1.29 is 0 Å². The highest BCUT2D eigenvalue weighted by molar-refractivity contribution is 14.0. The smallest absolute Gasteiger partial charge is 0.190 e. The molecule has 0 aliphatic heterocycles. The van der Waals surface area contributed by atoms with Crippen molar-refractivity contribution in [2.75, 3.05) is 14.1 Å². The molecule has 2 aromatic rings. The summed E-state index contributed by atoms with van der Waals surface area (Å²) in [7, 11) is 3.60. The zero-order valence-corrected chi connectivity index (χ0v) is 14.0. The number of nitrogens with one attached hydrogen (secondary N) is 2. The average molecular weight is 382 g/mol. The van der Waals surface area contributed by atoms with Gasteiger partial charge in [0.2, 0.25) is 0 Å². The number of hydrogen-bond acceptors (Lipinski definition) is 2. The number of aliphatic imine (C=N–C) groups is 1. The number of aromatic nitrogens is 1. The zero-order valence-electron chi connectivity index (χ0n) is 11.6. The van der Waals surface area contributed by atoms with Gasteiger partial charge in [-0.3, -0.25) is 9.98 Å². The second kappa shape index (κ2) is 8.52. The predicted octanol–water partition coefficient (Wildman–Crippen LogP) is 2.66. The van der Waals surface area contributed by atoms with Crippen molar-refractivity contribution in [2.24, 2.45) is 4.99 Å². The Bertz CT molecular complexity index is 555. The molecule has 2 N–H and O–H groups in total. The summed E-state index contributed by atoms with van der Waals surface area (Å²) in [5.74, 6) is 0.781. The molecule has 0 bridgehead atoms. The molecule has 20 heavy (non-hydrogen) atoms. The van der Waals surface area contributed by atoms with E-state index in [4.69, 9.17) is 0 Å². The standard InChI is InChI=1S/C15H18N4.HI/c1-16-15(17-2)19-11-12-6-5-7-13(10-12)14-8-3-4-9-18-14;/h3-10H,11H2,1-2H3,(H2,16,17,19);1H. The fourth-order valence-corrected chi connectivity index (χ4v) is 1.84. The third kappa shape index (κ3) is 4.48. The first kappa shape index (κ1) is 16.4. The normalized spacial score (nSPS) is 10.6. The van der Waals surface area contributed by atoms with Crippen LogP contribution in [0.5, 0.6) is 0 Å². The van der Waals surface area contributed by atoms with Gasteiger partial charge in [-0.25, -0.2) is 0 Å². The average Bonchev–Trinajstić information content (AvgIpc) is 2.49. The van der Waals surface area contributed by atoms with E-state index in [0.717, 1.165) is 23.8 Å². The van der Waals surface area contributed by atoms with Crippen molar-refractivity contribution in [3.8, 4) is 11.3 Å². The van der Waals surface area contributed by atoms with Gasteiger partial charge in [-0.2, -0.15) is 0 Å². The highest BCUT2D eigenvalue weighted by Crippen LogP contribution is 2.17. The lowest BCUT2D eigenvalue weighted by Crippen LogP contribution is -2.34. The number of halogens is 1. The number of rotatable bonds is 3. The van der Waals surface area contributed by atoms with Crippen LogP contribution in [-0.2, 0) is 6.54 Å². The molecule has 106 valence electrons. The minimum Gasteiger partial charge on any atom is -0.359 e. The molecule has 5 heteroatoms. The molecule has 1 heterocycles. The lowest BCUT2D eigenvalue weighted by atomic mass is 10.1. The molecule has 0 saturated carbocycles. The molecule has 1 aromatic carbocycles. The minimum absolute atomic E-state index is 0. The summed E-state index contributed by atoms with van der Waals surface area (Å²) in [6.07, 6.45) is 1.81. The van der Waals surface area contributed by atoms with Crippen LogP contribution in [0.3, 0.4) is 0 Å². The van der Waals surface area contributed by atoms with Gasteiger partial charge in [0.25, 0.3) is 0 Å². The second-order valence-electron chi connectivity index (χ2n) is 4.09. The molecular formula is C15H19IN4. The molecule has 2 rings (SSSR count). The van der Waals surface area contributed by atoms with Gasteiger partial charge in [-0.1, -0.05) is 24.3 Å². The topological polar surface area (TPSA) is 49.3 Å². The van der Waals surface area contributed by atoms with Crippen LogP contribution < -0.4 is 10.6 Å². The van der Waals surface area contributed by atoms with Gasteiger partial charge in [-0.15, -0.1) is 24.0 Å². The van der Waals surface area contributed by atoms with Crippen molar-refractivity contribution in [3.05, 3.63) is 54.2 Å². The molecule has 0 radical (unpaired) electrons. The highest BCUT2D eigenvalue weighted by Gasteiger charge is 2.00. The summed E-state index contributed by atoms with van der Waals surface area (Å²) in [6, 6.07) is 14.3. The van der Waals surface area contributed by atoms with E-state index in [1.54, 1.807) is 7.05 Å². The number of pyridine rings is 1. The SMILES string of the molecule is CN=C(NC)NCc1cccc(-c2ccccn2)c1.I. The van der Waals surface area contributed by atoms with Crippen LogP contribution >= 0.6 is 24.0 Å². The van der Waals surface area contributed by atoms with E-state index in [-0.39, 0.29) is 24.0 Å². The Morgan fingerprint density at radius 1 is 1.20 bits per heavy atom. The molecule has 0 spiro atoms. The third-order valence-corrected chi connectivity index (χ3v) is 2.81. The summed E-state index contributed by atoms with van der Waals surface area (Å²) in [4.78, 5) is 8.45. The van der Waals surface area contributed by atoms with Crippen LogP contribution in [-0.4, -0.2) is 25.0 Å². The lowest BCUT2D eigenvalue weighted by Gasteiger charge is -2.09. The fourth-order valence-electron chi connectivity index (χ4n) is 1.84. The van der Waals surface area contributed by atoms with Crippen LogP contribution in [0.2, 0.25) is 0 Å². The molecule has 0 aliphatic rings. The maximum atomic E-state index is 4.36. The maximum absolute atomic E-state index is 4.36. The quantitative estimate of drug-likeness (QED) is 0.488. The van der Waals surface area contributed by atoms with Gasteiger partial charge in [0, 0.05) is 32.4 Å². The van der Waals surface area contributed by atoms with Crippen molar-refractivity contribution in [2.45, 2.75) is 6.54 Å². The fraction of sp³-hybridized carbons (Fsp3) is 0.200. The number of benzene rings is 1.